The van der Waals surface area contributed by atoms with Crippen molar-refractivity contribution in [1.29, 1.82) is 0 Å². The van der Waals surface area contributed by atoms with Crippen LogP contribution in [0, 0.1) is 5.92 Å². The molecule has 5 heteroatoms. The molecule has 0 radical (unpaired) electrons. The van der Waals surface area contributed by atoms with Crippen molar-refractivity contribution in [2.24, 2.45) is 5.92 Å². The van der Waals surface area contributed by atoms with Crippen molar-refractivity contribution in [3.8, 4) is 5.75 Å². The molecule has 3 rings (SSSR count). The first-order valence-electron chi connectivity index (χ1n) is 10.1. The molecule has 0 aliphatic carbocycles. The van der Waals surface area contributed by atoms with Crippen LogP contribution in [0.25, 0.3) is 0 Å². The molecule has 1 unspecified atom stereocenters. The van der Waals surface area contributed by atoms with Gasteiger partial charge in [0.2, 0.25) is 5.91 Å². The zero-order valence-corrected chi connectivity index (χ0v) is 16.9. The first-order valence-corrected chi connectivity index (χ1v) is 10.1. The highest BCUT2D eigenvalue weighted by Crippen LogP contribution is 2.23. The van der Waals surface area contributed by atoms with E-state index >= 15 is 0 Å². The van der Waals surface area contributed by atoms with E-state index in [1.165, 1.54) is 5.69 Å². The van der Waals surface area contributed by atoms with Gasteiger partial charge in [0.15, 0.2) is 0 Å². The summed E-state index contributed by atoms with van der Waals surface area (Å²) in [7, 11) is 1.97. The number of rotatable bonds is 9. The molecule has 2 aromatic rings. The van der Waals surface area contributed by atoms with Crippen LogP contribution >= 0.6 is 0 Å². The summed E-state index contributed by atoms with van der Waals surface area (Å²) >= 11 is 0. The van der Waals surface area contributed by atoms with Gasteiger partial charge in [-0.05, 0) is 44.5 Å². The van der Waals surface area contributed by atoms with E-state index in [4.69, 9.17) is 4.74 Å². The second-order valence-electron chi connectivity index (χ2n) is 7.45. The second kappa shape index (κ2) is 10.1. The van der Waals surface area contributed by atoms with Gasteiger partial charge < -0.3 is 15.0 Å². The van der Waals surface area contributed by atoms with Gasteiger partial charge in [-0.25, -0.2) is 0 Å². The number of carbonyl (C=O) groups is 1. The maximum absolute atomic E-state index is 12.4. The Labute approximate surface area is 168 Å². The van der Waals surface area contributed by atoms with E-state index in [1.807, 2.05) is 43.1 Å². The summed E-state index contributed by atoms with van der Waals surface area (Å²) in [6.45, 7) is 6.49. The molecular weight excluding hydrogens is 350 g/mol. The average molecular weight is 382 g/mol. The molecule has 1 saturated heterocycles. The molecule has 150 valence electrons. The summed E-state index contributed by atoms with van der Waals surface area (Å²) in [5.41, 5.74) is 2.37. The number of likely N-dealkylation sites (N-methyl/N-ethyl adjacent to an activating group) is 1. The lowest BCUT2D eigenvalue weighted by molar-refractivity contribution is -0.122. The van der Waals surface area contributed by atoms with Crippen molar-refractivity contribution in [3.63, 3.8) is 0 Å². The van der Waals surface area contributed by atoms with Crippen LogP contribution < -0.4 is 15.0 Å². The third kappa shape index (κ3) is 5.73. The van der Waals surface area contributed by atoms with Crippen LogP contribution in [0.3, 0.4) is 0 Å². The molecule has 1 aliphatic heterocycles. The van der Waals surface area contributed by atoms with E-state index in [9.17, 15) is 4.79 Å². The van der Waals surface area contributed by atoms with Crippen molar-refractivity contribution in [2.45, 2.75) is 19.9 Å². The lowest BCUT2D eigenvalue weighted by Gasteiger charge is -2.20. The van der Waals surface area contributed by atoms with E-state index in [0.717, 1.165) is 37.4 Å². The largest absolute Gasteiger partial charge is 0.494 e. The third-order valence-corrected chi connectivity index (χ3v) is 5.12. The van der Waals surface area contributed by atoms with E-state index in [0.29, 0.717) is 25.6 Å². The fourth-order valence-corrected chi connectivity index (χ4v) is 3.71. The molecule has 1 fully saturated rings. The second-order valence-corrected chi connectivity index (χ2v) is 7.45. The van der Waals surface area contributed by atoms with Gasteiger partial charge in [0.25, 0.3) is 0 Å². The summed E-state index contributed by atoms with van der Waals surface area (Å²) in [6.07, 6.45) is 1.12. The molecule has 1 N–H and O–H groups in total. The molecule has 28 heavy (non-hydrogen) atoms. The number of nitrogens with one attached hydrogen (secondary N) is 1. The Hall–Kier alpha value is -2.53. The fourth-order valence-electron chi connectivity index (χ4n) is 3.71. The Bertz CT molecular complexity index is 751. The zero-order valence-electron chi connectivity index (χ0n) is 16.9. The number of anilines is 1. The number of nitrogens with zero attached hydrogens (tertiary/aromatic N) is 2. The first kappa shape index (κ1) is 20.2. The smallest absolute Gasteiger partial charge is 0.234 e. The highest BCUT2D eigenvalue weighted by atomic mass is 16.5. The predicted octanol–water partition coefficient (Wildman–Crippen LogP) is 3.16. The fraction of sp³-hybridized carbons (Fsp3) is 0.435. The number of amides is 1. The molecule has 2 aromatic carbocycles. The minimum absolute atomic E-state index is 0.0783. The van der Waals surface area contributed by atoms with Crippen LogP contribution in [0.4, 0.5) is 5.69 Å². The Kier molecular flexibility index (Phi) is 7.31. The Morgan fingerprint density at radius 1 is 1.18 bits per heavy atom. The maximum Gasteiger partial charge on any atom is 0.234 e. The summed E-state index contributed by atoms with van der Waals surface area (Å²) in [5, 5.41) is 3.11. The Morgan fingerprint density at radius 2 is 1.93 bits per heavy atom. The molecule has 0 bridgehead atoms. The predicted molar refractivity (Wildman–Crippen MR) is 114 cm³/mol. The van der Waals surface area contributed by atoms with Crippen molar-refractivity contribution in [3.05, 3.63) is 60.2 Å². The number of hydrogen-bond acceptors (Lipinski definition) is 4. The minimum atomic E-state index is 0.0783. The summed E-state index contributed by atoms with van der Waals surface area (Å²) in [5.74, 6) is 1.48. The van der Waals surface area contributed by atoms with Crippen molar-refractivity contribution < 1.29 is 9.53 Å². The van der Waals surface area contributed by atoms with Crippen LogP contribution in [0.1, 0.15) is 18.9 Å². The molecule has 5 nitrogen and oxygen atoms in total. The van der Waals surface area contributed by atoms with Crippen molar-refractivity contribution >= 4 is 11.6 Å². The topological polar surface area (TPSA) is 44.8 Å². The zero-order chi connectivity index (χ0) is 19.8. The lowest BCUT2D eigenvalue weighted by atomic mass is 10.1. The van der Waals surface area contributed by atoms with Gasteiger partial charge >= 0.3 is 0 Å². The highest BCUT2D eigenvalue weighted by Gasteiger charge is 2.23. The van der Waals surface area contributed by atoms with E-state index in [1.54, 1.807) is 0 Å². The molecule has 0 saturated carbocycles. The van der Waals surface area contributed by atoms with Crippen LogP contribution in [0.15, 0.2) is 54.6 Å². The monoisotopic (exact) mass is 381 g/mol. The SMILES string of the molecule is CCOc1ccccc1CN(C)CC(=O)NCC1CCN(c2ccccc2)C1. The van der Waals surface area contributed by atoms with E-state index < -0.39 is 0 Å². The molecule has 1 atom stereocenters. The van der Waals surface area contributed by atoms with Gasteiger partial charge in [-0.2, -0.15) is 0 Å². The number of carbonyl (C=O) groups excluding carboxylic acids is 1. The quantitative estimate of drug-likeness (QED) is 0.725. The van der Waals surface area contributed by atoms with Gasteiger partial charge in [0, 0.05) is 37.4 Å². The number of para-hydroxylation sites is 2. The van der Waals surface area contributed by atoms with Crippen LogP contribution in [-0.4, -0.2) is 50.6 Å². The van der Waals surface area contributed by atoms with Gasteiger partial charge in [0.1, 0.15) is 5.75 Å². The average Bonchev–Trinajstić information content (AvgIpc) is 3.18. The number of ether oxygens (including phenoxy) is 1. The molecule has 1 heterocycles. The molecule has 0 spiro atoms. The Morgan fingerprint density at radius 3 is 2.71 bits per heavy atom. The summed E-state index contributed by atoms with van der Waals surface area (Å²) in [4.78, 5) is 16.8. The van der Waals surface area contributed by atoms with Crippen LogP contribution in [-0.2, 0) is 11.3 Å². The molecule has 1 aliphatic rings. The highest BCUT2D eigenvalue weighted by molar-refractivity contribution is 5.78. The van der Waals surface area contributed by atoms with Crippen molar-refractivity contribution in [2.75, 3.05) is 44.7 Å². The third-order valence-electron chi connectivity index (χ3n) is 5.12. The van der Waals surface area contributed by atoms with Crippen LogP contribution in [0.5, 0.6) is 5.75 Å². The van der Waals surface area contributed by atoms with Crippen molar-refractivity contribution in [1.82, 2.24) is 10.2 Å². The van der Waals surface area contributed by atoms with Gasteiger partial charge in [-0.1, -0.05) is 36.4 Å². The molecular formula is C23H31N3O2. The van der Waals surface area contributed by atoms with Gasteiger partial charge in [-0.3, -0.25) is 9.69 Å². The molecule has 0 aromatic heterocycles. The summed E-state index contributed by atoms with van der Waals surface area (Å²) in [6, 6.07) is 18.5. The number of hydrogen-bond donors (Lipinski definition) is 1. The standard InChI is InChI=1S/C23H31N3O2/c1-3-28-22-12-8-7-9-20(22)17-25(2)18-23(27)24-15-19-13-14-26(16-19)21-10-5-4-6-11-21/h4-12,19H,3,13-18H2,1-2H3,(H,24,27). The van der Waals surface area contributed by atoms with Gasteiger partial charge in [-0.15, -0.1) is 0 Å². The van der Waals surface area contributed by atoms with E-state index in [-0.39, 0.29) is 5.91 Å². The lowest BCUT2D eigenvalue weighted by Crippen LogP contribution is -2.38. The van der Waals surface area contributed by atoms with E-state index in [2.05, 4.69) is 40.5 Å². The minimum Gasteiger partial charge on any atom is -0.494 e. The summed E-state index contributed by atoms with van der Waals surface area (Å²) < 4.78 is 5.67. The normalized spacial score (nSPS) is 16.4. The number of benzene rings is 2. The van der Waals surface area contributed by atoms with Gasteiger partial charge in [0.05, 0.1) is 13.2 Å². The maximum atomic E-state index is 12.4. The molecule has 1 amide bonds. The first-order chi connectivity index (χ1) is 13.7. The Balaban J connectivity index is 1.41. The van der Waals surface area contributed by atoms with Crippen LogP contribution in [0.2, 0.25) is 0 Å².